The number of likely N-dealkylation sites (N-methyl/N-ethyl adjacent to an activating group) is 2. The molecule has 92 valence electrons. The molecule has 0 aliphatic heterocycles. The number of nitrogens with zero attached hydrogens (tertiary/aromatic N) is 5. The lowest BCUT2D eigenvalue weighted by atomic mass is 10.3. The highest BCUT2D eigenvalue weighted by atomic mass is 15.5. The molecular formula is C10H22N6. The lowest BCUT2D eigenvalue weighted by Crippen LogP contribution is -2.28. The van der Waals surface area contributed by atoms with Gasteiger partial charge in [0, 0.05) is 19.6 Å². The van der Waals surface area contributed by atoms with E-state index in [9.17, 15) is 0 Å². The van der Waals surface area contributed by atoms with Crippen LogP contribution >= 0.6 is 0 Å². The summed E-state index contributed by atoms with van der Waals surface area (Å²) >= 11 is 0. The van der Waals surface area contributed by atoms with Gasteiger partial charge in [0.2, 0.25) is 0 Å². The van der Waals surface area contributed by atoms with Crippen LogP contribution in [0.4, 0.5) is 0 Å². The van der Waals surface area contributed by atoms with Gasteiger partial charge in [-0.05, 0) is 30.9 Å². The number of aromatic nitrogens is 4. The number of rotatable bonds is 8. The van der Waals surface area contributed by atoms with Crippen molar-refractivity contribution in [3.8, 4) is 0 Å². The molecule has 1 aromatic rings. The minimum atomic E-state index is 0.804. The third kappa shape index (κ3) is 4.24. The Bertz CT molecular complexity index is 285. The van der Waals surface area contributed by atoms with E-state index >= 15 is 0 Å². The molecule has 0 saturated heterocycles. The van der Waals surface area contributed by atoms with Gasteiger partial charge in [0.05, 0.1) is 6.54 Å². The van der Waals surface area contributed by atoms with Gasteiger partial charge in [-0.2, -0.15) is 0 Å². The first-order valence-electron chi connectivity index (χ1n) is 5.86. The van der Waals surface area contributed by atoms with Crippen LogP contribution in [0.25, 0.3) is 0 Å². The van der Waals surface area contributed by atoms with E-state index < -0.39 is 0 Å². The normalized spacial score (nSPS) is 11.2. The van der Waals surface area contributed by atoms with E-state index in [1.807, 2.05) is 11.7 Å². The van der Waals surface area contributed by atoms with Gasteiger partial charge in [-0.25, -0.2) is 4.68 Å². The number of unbranched alkanes of at least 4 members (excludes halogenated alkanes) is 1. The third-order valence-corrected chi connectivity index (χ3v) is 2.48. The van der Waals surface area contributed by atoms with Crippen LogP contribution in [0.3, 0.4) is 0 Å². The van der Waals surface area contributed by atoms with Crippen molar-refractivity contribution in [3.63, 3.8) is 0 Å². The molecule has 0 spiro atoms. The van der Waals surface area contributed by atoms with Gasteiger partial charge in [0.1, 0.15) is 0 Å². The first-order valence-corrected chi connectivity index (χ1v) is 5.86. The van der Waals surface area contributed by atoms with Crippen LogP contribution in [-0.4, -0.2) is 52.3 Å². The molecule has 0 fully saturated rings. The summed E-state index contributed by atoms with van der Waals surface area (Å²) in [7, 11) is 4.04. The molecule has 6 heteroatoms. The van der Waals surface area contributed by atoms with Gasteiger partial charge in [0.15, 0.2) is 5.82 Å². The highest BCUT2D eigenvalue weighted by Crippen LogP contribution is 2.00. The van der Waals surface area contributed by atoms with Gasteiger partial charge in [-0.15, -0.1) is 5.10 Å². The van der Waals surface area contributed by atoms with Crippen molar-refractivity contribution in [1.29, 1.82) is 0 Å². The zero-order valence-electron chi connectivity index (χ0n) is 10.5. The third-order valence-electron chi connectivity index (χ3n) is 2.48. The van der Waals surface area contributed by atoms with Gasteiger partial charge in [-0.3, -0.25) is 4.90 Å². The molecule has 1 heterocycles. The van der Waals surface area contributed by atoms with Gasteiger partial charge in [-0.1, -0.05) is 13.3 Å². The molecule has 0 saturated carbocycles. The fraction of sp³-hybridized carbons (Fsp3) is 0.900. The number of hydrogen-bond donors (Lipinski definition) is 1. The number of aryl methyl sites for hydroxylation is 1. The summed E-state index contributed by atoms with van der Waals surface area (Å²) in [4.78, 5) is 2.21. The Hall–Kier alpha value is -1.01. The van der Waals surface area contributed by atoms with Crippen molar-refractivity contribution < 1.29 is 0 Å². The minimum absolute atomic E-state index is 0.804. The Balaban J connectivity index is 2.42. The Morgan fingerprint density at radius 2 is 2.25 bits per heavy atom. The maximum absolute atomic E-state index is 4.06. The second-order valence-corrected chi connectivity index (χ2v) is 4.01. The Labute approximate surface area is 97.0 Å². The maximum atomic E-state index is 4.06. The van der Waals surface area contributed by atoms with Crippen LogP contribution in [0.1, 0.15) is 25.6 Å². The van der Waals surface area contributed by atoms with Crippen LogP contribution in [-0.2, 0) is 13.1 Å². The van der Waals surface area contributed by atoms with Crippen molar-refractivity contribution >= 4 is 0 Å². The predicted molar refractivity (Wildman–Crippen MR) is 63.0 cm³/mol. The Morgan fingerprint density at radius 3 is 2.94 bits per heavy atom. The van der Waals surface area contributed by atoms with Gasteiger partial charge < -0.3 is 5.32 Å². The number of hydrogen-bond acceptors (Lipinski definition) is 5. The molecule has 0 atom stereocenters. The SMILES string of the molecule is CCCCn1nnnc1CN(C)CCNC. The number of nitrogens with one attached hydrogen (secondary N) is 1. The highest BCUT2D eigenvalue weighted by Gasteiger charge is 2.08. The minimum Gasteiger partial charge on any atom is -0.318 e. The molecule has 6 nitrogen and oxygen atoms in total. The van der Waals surface area contributed by atoms with Crippen molar-refractivity contribution in [2.75, 3.05) is 27.2 Å². The lowest BCUT2D eigenvalue weighted by Gasteiger charge is -2.15. The summed E-state index contributed by atoms with van der Waals surface area (Å²) in [6, 6.07) is 0. The van der Waals surface area contributed by atoms with Gasteiger partial charge >= 0.3 is 0 Å². The lowest BCUT2D eigenvalue weighted by molar-refractivity contribution is 0.310. The molecule has 16 heavy (non-hydrogen) atoms. The largest absolute Gasteiger partial charge is 0.318 e. The van der Waals surface area contributed by atoms with Crippen molar-refractivity contribution in [3.05, 3.63) is 5.82 Å². The average molecular weight is 226 g/mol. The monoisotopic (exact) mass is 226 g/mol. The second kappa shape index (κ2) is 7.29. The summed E-state index contributed by atoms with van der Waals surface area (Å²) in [5.74, 6) is 0.951. The Morgan fingerprint density at radius 1 is 1.44 bits per heavy atom. The van der Waals surface area contributed by atoms with Crippen molar-refractivity contribution in [1.82, 2.24) is 30.4 Å². The second-order valence-electron chi connectivity index (χ2n) is 4.01. The number of tetrazole rings is 1. The van der Waals surface area contributed by atoms with Crippen LogP contribution in [0, 0.1) is 0 Å². The molecule has 1 aromatic heterocycles. The summed E-state index contributed by atoms with van der Waals surface area (Å²) < 4.78 is 1.90. The van der Waals surface area contributed by atoms with Crippen LogP contribution < -0.4 is 5.32 Å². The van der Waals surface area contributed by atoms with E-state index in [0.717, 1.165) is 44.8 Å². The van der Waals surface area contributed by atoms with E-state index in [4.69, 9.17) is 0 Å². The first-order chi connectivity index (χ1) is 7.77. The first kappa shape index (κ1) is 13.1. The van der Waals surface area contributed by atoms with Crippen molar-refractivity contribution in [2.45, 2.75) is 32.9 Å². The summed E-state index contributed by atoms with van der Waals surface area (Å²) in [5, 5.41) is 14.9. The molecule has 1 rings (SSSR count). The van der Waals surface area contributed by atoms with Crippen molar-refractivity contribution in [2.24, 2.45) is 0 Å². The quantitative estimate of drug-likeness (QED) is 0.682. The standard InChI is InChI=1S/C10H22N6/c1-4-5-7-16-10(12-13-14-16)9-15(3)8-6-11-2/h11H,4-9H2,1-3H3. The molecule has 1 N–H and O–H groups in total. The average Bonchev–Trinajstić information content (AvgIpc) is 2.71. The summed E-state index contributed by atoms with van der Waals surface area (Å²) in [6.07, 6.45) is 2.28. The molecular weight excluding hydrogens is 204 g/mol. The fourth-order valence-electron chi connectivity index (χ4n) is 1.44. The molecule has 0 radical (unpaired) electrons. The highest BCUT2D eigenvalue weighted by molar-refractivity contribution is 4.80. The molecule has 0 aliphatic carbocycles. The fourth-order valence-corrected chi connectivity index (χ4v) is 1.44. The summed E-state index contributed by atoms with van der Waals surface area (Å²) in [5.41, 5.74) is 0. The maximum Gasteiger partial charge on any atom is 0.165 e. The van der Waals surface area contributed by atoms with Crippen LogP contribution in [0.15, 0.2) is 0 Å². The van der Waals surface area contributed by atoms with E-state index in [-0.39, 0.29) is 0 Å². The smallest absolute Gasteiger partial charge is 0.165 e. The zero-order valence-corrected chi connectivity index (χ0v) is 10.5. The van der Waals surface area contributed by atoms with E-state index in [1.165, 1.54) is 0 Å². The van der Waals surface area contributed by atoms with Gasteiger partial charge in [0.25, 0.3) is 0 Å². The molecule has 0 unspecified atom stereocenters. The van der Waals surface area contributed by atoms with Crippen LogP contribution in [0.5, 0.6) is 0 Å². The van der Waals surface area contributed by atoms with E-state index in [0.29, 0.717) is 0 Å². The molecule has 0 amide bonds. The topological polar surface area (TPSA) is 58.9 Å². The molecule has 0 aliphatic rings. The van der Waals surface area contributed by atoms with E-state index in [1.54, 1.807) is 0 Å². The zero-order chi connectivity index (χ0) is 11.8. The van der Waals surface area contributed by atoms with Crippen LogP contribution in [0.2, 0.25) is 0 Å². The molecule has 0 aromatic carbocycles. The molecule has 0 bridgehead atoms. The summed E-state index contributed by atoms with van der Waals surface area (Å²) in [6.45, 7) is 5.87. The van der Waals surface area contributed by atoms with E-state index in [2.05, 4.69) is 39.7 Å². The predicted octanol–water partition coefficient (Wildman–Crippen LogP) is 0.124. The Kier molecular flexibility index (Phi) is 5.95.